The number of aromatic nitrogens is 3. The second-order valence-electron chi connectivity index (χ2n) is 7.38. The molecular weight excluding hydrogens is 522 g/mol. The van der Waals surface area contributed by atoms with Crippen LogP contribution in [0.4, 0.5) is 17.6 Å². The number of rotatable bonds is 8. The van der Waals surface area contributed by atoms with E-state index in [-0.39, 0.29) is 40.6 Å². The van der Waals surface area contributed by atoms with Gasteiger partial charge in [0.15, 0.2) is 17.2 Å². The predicted molar refractivity (Wildman–Crippen MR) is 120 cm³/mol. The normalized spacial score (nSPS) is 11.4. The fraction of sp³-hybridized carbons (Fsp3) is 0.136. The molecular formula is C22H15F4N5O5S. The van der Waals surface area contributed by atoms with E-state index in [1.165, 1.54) is 35.0 Å². The van der Waals surface area contributed by atoms with Crippen molar-refractivity contribution in [3.63, 3.8) is 0 Å². The number of fused-ring (bicyclic) bond motifs is 1. The van der Waals surface area contributed by atoms with Crippen molar-refractivity contribution in [1.82, 2.24) is 25.2 Å². The highest BCUT2D eigenvalue weighted by Crippen LogP contribution is 2.26. The van der Waals surface area contributed by atoms with Crippen LogP contribution in [0.15, 0.2) is 48.7 Å². The van der Waals surface area contributed by atoms with Crippen molar-refractivity contribution in [3.8, 4) is 5.75 Å². The summed E-state index contributed by atoms with van der Waals surface area (Å²) in [7, 11) is 0. The summed E-state index contributed by atoms with van der Waals surface area (Å²) >= 11 is 0.993. The Kier molecular flexibility index (Phi) is 7.06. The third kappa shape index (κ3) is 6.19. The topological polar surface area (TPSA) is 135 Å². The minimum atomic E-state index is -5.09. The van der Waals surface area contributed by atoms with Crippen LogP contribution in [-0.4, -0.2) is 43.9 Å². The largest absolute Gasteiger partial charge is 0.573 e. The summed E-state index contributed by atoms with van der Waals surface area (Å²) in [5, 5.41) is 18.1. The summed E-state index contributed by atoms with van der Waals surface area (Å²) in [5.41, 5.74) is 0.0629. The second-order valence-corrected chi connectivity index (χ2v) is 8.55. The Morgan fingerprint density at radius 1 is 1.03 bits per heavy atom. The summed E-state index contributed by atoms with van der Waals surface area (Å²) < 4.78 is 55.8. The molecule has 0 spiro atoms. The van der Waals surface area contributed by atoms with Gasteiger partial charge in [-0.2, -0.15) is 5.10 Å². The molecule has 3 N–H and O–H groups in total. The number of halogens is 4. The number of benzene rings is 1. The van der Waals surface area contributed by atoms with Crippen molar-refractivity contribution < 1.29 is 41.8 Å². The Labute approximate surface area is 208 Å². The number of aromatic carboxylic acids is 1. The molecule has 0 unspecified atom stereocenters. The van der Waals surface area contributed by atoms with Gasteiger partial charge in [0.05, 0.1) is 12.7 Å². The predicted octanol–water partition coefficient (Wildman–Crippen LogP) is 3.39. The van der Waals surface area contributed by atoms with Gasteiger partial charge in [-0.05, 0) is 29.8 Å². The van der Waals surface area contributed by atoms with Gasteiger partial charge in [-0.1, -0.05) is 6.07 Å². The first-order chi connectivity index (χ1) is 17.5. The van der Waals surface area contributed by atoms with Gasteiger partial charge in [0, 0.05) is 23.6 Å². The minimum absolute atomic E-state index is 0.0241. The molecule has 0 saturated heterocycles. The average molecular weight is 537 g/mol. The van der Waals surface area contributed by atoms with E-state index < -0.39 is 35.7 Å². The van der Waals surface area contributed by atoms with Crippen LogP contribution < -0.4 is 15.4 Å². The van der Waals surface area contributed by atoms with Crippen LogP contribution in [0.3, 0.4) is 0 Å². The lowest BCUT2D eigenvalue weighted by Crippen LogP contribution is -2.28. The van der Waals surface area contributed by atoms with Gasteiger partial charge in [-0.25, -0.2) is 18.7 Å². The number of hydrogen-bond donors (Lipinski definition) is 3. The van der Waals surface area contributed by atoms with Crippen LogP contribution in [0.25, 0.3) is 5.65 Å². The van der Waals surface area contributed by atoms with Gasteiger partial charge in [0.25, 0.3) is 11.8 Å². The lowest BCUT2D eigenvalue weighted by Gasteiger charge is -2.12. The number of thiophene rings is 1. The number of carbonyl (C=O) groups is 3. The Bertz CT molecular complexity index is 1500. The molecule has 10 nitrogen and oxygen atoms in total. The molecule has 1 aromatic carbocycles. The molecule has 0 atom stereocenters. The van der Waals surface area contributed by atoms with E-state index in [1.54, 1.807) is 6.07 Å². The highest BCUT2D eigenvalue weighted by molar-refractivity contribution is 7.13. The number of nitrogens with one attached hydrogen (secondary N) is 2. The molecule has 0 bridgehead atoms. The van der Waals surface area contributed by atoms with Gasteiger partial charge >= 0.3 is 12.3 Å². The molecule has 0 aliphatic heterocycles. The van der Waals surface area contributed by atoms with E-state index in [0.29, 0.717) is 4.88 Å². The first-order valence-electron chi connectivity index (χ1n) is 10.3. The van der Waals surface area contributed by atoms with Crippen LogP contribution in [-0.2, 0) is 13.1 Å². The second kappa shape index (κ2) is 10.2. The van der Waals surface area contributed by atoms with Crippen LogP contribution in [0.1, 0.15) is 41.1 Å². The highest BCUT2D eigenvalue weighted by atomic mass is 32.1. The Balaban J connectivity index is 1.48. The molecule has 192 valence electrons. The molecule has 3 heterocycles. The van der Waals surface area contributed by atoms with Gasteiger partial charge in [-0.3, -0.25) is 9.59 Å². The number of ether oxygens (including phenoxy) is 1. The van der Waals surface area contributed by atoms with Crippen molar-refractivity contribution in [2.45, 2.75) is 19.5 Å². The monoisotopic (exact) mass is 537 g/mol. The van der Waals surface area contributed by atoms with Crippen molar-refractivity contribution in [2.75, 3.05) is 0 Å². The zero-order valence-corrected chi connectivity index (χ0v) is 19.2. The minimum Gasteiger partial charge on any atom is -0.477 e. The van der Waals surface area contributed by atoms with Crippen molar-refractivity contribution in [2.24, 2.45) is 0 Å². The van der Waals surface area contributed by atoms with Gasteiger partial charge in [0.1, 0.15) is 16.3 Å². The van der Waals surface area contributed by atoms with E-state index in [1.807, 2.05) is 0 Å². The van der Waals surface area contributed by atoms with E-state index in [2.05, 4.69) is 25.5 Å². The molecule has 3 aromatic heterocycles. The Morgan fingerprint density at radius 2 is 1.78 bits per heavy atom. The summed E-state index contributed by atoms with van der Waals surface area (Å²) in [6.07, 6.45) is -3.73. The van der Waals surface area contributed by atoms with E-state index in [9.17, 15) is 31.9 Å². The van der Waals surface area contributed by atoms with Crippen LogP contribution in [0.2, 0.25) is 0 Å². The van der Waals surface area contributed by atoms with E-state index >= 15 is 0 Å². The Hall–Kier alpha value is -4.53. The van der Waals surface area contributed by atoms with Crippen LogP contribution >= 0.6 is 11.3 Å². The zero-order valence-electron chi connectivity index (χ0n) is 18.4. The summed E-state index contributed by atoms with van der Waals surface area (Å²) in [4.78, 5) is 41.4. The lowest BCUT2D eigenvalue weighted by atomic mass is 10.2. The number of nitrogens with zero attached hydrogens (tertiary/aromatic N) is 3. The van der Waals surface area contributed by atoms with Gasteiger partial charge in [-0.15, -0.1) is 24.5 Å². The van der Waals surface area contributed by atoms with Gasteiger partial charge in [0.2, 0.25) is 0 Å². The first-order valence-corrected chi connectivity index (χ1v) is 11.1. The van der Waals surface area contributed by atoms with Gasteiger partial charge < -0.3 is 20.5 Å². The van der Waals surface area contributed by atoms with E-state index in [0.717, 1.165) is 23.5 Å². The maximum atomic E-state index is 13.6. The van der Waals surface area contributed by atoms with E-state index in [4.69, 9.17) is 5.11 Å². The van der Waals surface area contributed by atoms with Crippen LogP contribution in [0.5, 0.6) is 5.75 Å². The number of alkyl halides is 3. The standard InChI is InChI=1S/C22H15F4N5O5S/c23-13-3-1-11(7-16(13)36-22(24,25)26)9-27-19(32)14-8-15(31-18(30-14)5-6-29-31)20(33)28-10-12-2-4-17(37-12)21(34)35/h1-8H,9-10H2,(H,27,32)(H,28,33)(H,34,35). The molecule has 4 aromatic rings. The maximum Gasteiger partial charge on any atom is 0.573 e. The molecule has 37 heavy (non-hydrogen) atoms. The van der Waals surface area contributed by atoms with Crippen molar-refractivity contribution in [1.29, 1.82) is 0 Å². The summed E-state index contributed by atoms with van der Waals surface area (Å²) in [6, 6.07) is 8.34. The lowest BCUT2D eigenvalue weighted by molar-refractivity contribution is -0.275. The molecule has 15 heteroatoms. The third-order valence-electron chi connectivity index (χ3n) is 4.79. The van der Waals surface area contributed by atoms with Crippen molar-refractivity contribution in [3.05, 3.63) is 81.2 Å². The smallest absolute Gasteiger partial charge is 0.477 e. The molecule has 0 aliphatic rings. The Morgan fingerprint density at radius 3 is 2.49 bits per heavy atom. The third-order valence-corrected chi connectivity index (χ3v) is 5.87. The summed E-state index contributed by atoms with van der Waals surface area (Å²) in [6.45, 7) is -0.262. The molecule has 2 amide bonds. The first kappa shape index (κ1) is 25.6. The van der Waals surface area contributed by atoms with Crippen molar-refractivity contribution >= 4 is 34.8 Å². The SMILES string of the molecule is O=C(NCc1ccc(F)c(OC(F)(F)F)c1)c1cc(C(=O)NCc2ccc(C(=O)O)s2)n2nccc2n1. The molecule has 0 aliphatic carbocycles. The summed E-state index contributed by atoms with van der Waals surface area (Å²) in [5.74, 6) is -4.74. The molecule has 0 saturated carbocycles. The fourth-order valence-electron chi connectivity index (χ4n) is 3.17. The maximum absolute atomic E-state index is 13.6. The number of hydrogen-bond acceptors (Lipinski definition) is 7. The average Bonchev–Trinajstić information content (AvgIpc) is 3.51. The number of amides is 2. The highest BCUT2D eigenvalue weighted by Gasteiger charge is 2.32. The molecule has 0 fully saturated rings. The number of carboxylic acids is 1. The van der Waals surface area contributed by atoms with Crippen LogP contribution in [0, 0.1) is 5.82 Å². The molecule has 4 rings (SSSR count). The number of carboxylic acid groups (broad SMARTS) is 1. The molecule has 0 radical (unpaired) electrons. The number of carbonyl (C=O) groups excluding carboxylic acids is 2. The zero-order chi connectivity index (χ0) is 26.7. The fourth-order valence-corrected chi connectivity index (χ4v) is 3.96. The quantitative estimate of drug-likeness (QED) is 0.293.